The van der Waals surface area contributed by atoms with E-state index in [1.165, 1.54) is 5.56 Å². The Bertz CT molecular complexity index is 499. The van der Waals surface area contributed by atoms with E-state index in [0.717, 1.165) is 30.4 Å². The van der Waals surface area contributed by atoms with E-state index in [0.29, 0.717) is 6.04 Å². The molecule has 108 valence electrons. The number of thioether (sulfide) groups is 1. The van der Waals surface area contributed by atoms with Crippen LogP contribution in [0.4, 0.5) is 0 Å². The summed E-state index contributed by atoms with van der Waals surface area (Å²) in [7, 11) is 0. The summed E-state index contributed by atoms with van der Waals surface area (Å²) in [5, 5.41) is 16.1. The molecule has 0 aliphatic heterocycles. The monoisotopic (exact) mass is 292 g/mol. The molecule has 0 bridgehead atoms. The fourth-order valence-electron chi connectivity index (χ4n) is 1.71. The molecule has 0 fully saturated rings. The van der Waals surface area contributed by atoms with Crippen LogP contribution in [0.2, 0.25) is 0 Å². The molecule has 1 N–H and O–H groups in total. The first-order chi connectivity index (χ1) is 9.75. The Labute approximate surface area is 123 Å². The number of nitrogens with one attached hydrogen (secondary N) is 1. The lowest BCUT2D eigenvalue weighted by molar-refractivity contribution is 0.485. The highest BCUT2D eigenvalue weighted by Gasteiger charge is 2.06. The van der Waals surface area contributed by atoms with Gasteiger partial charge in [0.05, 0.1) is 6.54 Å². The minimum atomic E-state index is 0.480. The maximum absolute atomic E-state index is 4.11. The van der Waals surface area contributed by atoms with Gasteiger partial charge >= 0.3 is 0 Å². The highest BCUT2D eigenvalue weighted by atomic mass is 32.2. The first-order valence-electron chi connectivity index (χ1n) is 6.77. The summed E-state index contributed by atoms with van der Waals surface area (Å²) >= 11 is 1.68. The van der Waals surface area contributed by atoms with Gasteiger partial charge in [-0.1, -0.05) is 31.7 Å². The molecular weight excluding hydrogens is 272 g/mol. The summed E-state index contributed by atoms with van der Waals surface area (Å²) in [4.78, 5) is 4.11. The number of nitrogens with zero attached hydrogens (tertiary/aromatic N) is 5. The first kappa shape index (κ1) is 14.9. The van der Waals surface area contributed by atoms with Crippen molar-refractivity contribution in [2.24, 2.45) is 0 Å². The lowest BCUT2D eigenvalue weighted by Gasteiger charge is -2.08. The van der Waals surface area contributed by atoms with Gasteiger partial charge in [0, 0.05) is 30.7 Å². The van der Waals surface area contributed by atoms with Crippen molar-refractivity contribution in [1.82, 2.24) is 30.5 Å². The maximum Gasteiger partial charge on any atom is 0.209 e. The molecule has 0 aromatic carbocycles. The van der Waals surface area contributed by atoms with Gasteiger partial charge in [0.25, 0.3) is 0 Å². The smallest absolute Gasteiger partial charge is 0.209 e. The SMILES string of the molecule is CC(C)NCCn1nnnc1SCCc1cccnc1. The van der Waals surface area contributed by atoms with Crippen LogP contribution in [0.5, 0.6) is 0 Å². The van der Waals surface area contributed by atoms with Gasteiger partial charge in [-0.15, -0.1) is 5.10 Å². The van der Waals surface area contributed by atoms with E-state index in [1.54, 1.807) is 18.0 Å². The van der Waals surface area contributed by atoms with Crippen LogP contribution in [0, 0.1) is 0 Å². The quantitative estimate of drug-likeness (QED) is 0.742. The van der Waals surface area contributed by atoms with Crippen molar-refractivity contribution in [3.63, 3.8) is 0 Å². The molecule has 0 amide bonds. The Morgan fingerprint density at radius 2 is 2.30 bits per heavy atom. The van der Waals surface area contributed by atoms with Crippen LogP contribution in [0.3, 0.4) is 0 Å². The topological polar surface area (TPSA) is 68.5 Å². The van der Waals surface area contributed by atoms with Gasteiger partial charge in [0.15, 0.2) is 0 Å². The number of tetrazole rings is 1. The number of pyridine rings is 1. The lowest BCUT2D eigenvalue weighted by Crippen LogP contribution is -2.27. The molecule has 0 spiro atoms. The molecule has 0 saturated carbocycles. The molecule has 2 rings (SSSR count). The molecule has 20 heavy (non-hydrogen) atoms. The van der Waals surface area contributed by atoms with Crippen molar-refractivity contribution in [1.29, 1.82) is 0 Å². The Morgan fingerprint density at radius 3 is 3.05 bits per heavy atom. The number of hydrogen-bond donors (Lipinski definition) is 1. The van der Waals surface area contributed by atoms with Crippen molar-refractivity contribution < 1.29 is 0 Å². The predicted molar refractivity (Wildman–Crippen MR) is 79.6 cm³/mol. The normalized spacial score (nSPS) is 11.2. The van der Waals surface area contributed by atoms with Crippen molar-refractivity contribution >= 4 is 11.8 Å². The second kappa shape index (κ2) is 7.96. The van der Waals surface area contributed by atoms with Crippen molar-refractivity contribution in [3.8, 4) is 0 Å². The molecule has 0 saturated heterocycles. The van der Waals surface area contributed by atoms with Crippen LogP contribution < -0.4 is 5.32 Å². The first-order valence-corrected chi connectivity index (χ1v) is 7.75. The number of aryl methyl sites for hydroxylation is 1. The van der Waals surface area contributed by atoms with Gasteiger partial charge in [-0.05, 0) is 28.5 Å². The Kier molecular flexibility index (Phi) is 5.94. The second-order valence-corrected chi connectivity index (χ2v) is 5.82. The molecular formula is C13H20N6S. The summed E-state index contributed by atoms with van der Waals surface area (Å²) in [5.74, 6) is 0.948. The standard InChI is InChI=1S/C13H20N6S/c1-11(2)15-7-8-19-13(16-17-18-19)20-9-5-12-4-3-6-14-10-12/h3-4,6,10-11,15H,5,7-9H2,1-2H3. The Balaban J connectivity index is 1.77. The van der Waals surface area contributed by atoms with Crippen LogP contribution in [0.15, 0.2) is 29.7 Å². The highest BCUT2D eigenvalue weighted by molar-refractivity contribution is 7.99. The average molecular weight is 292 g/mol. The maximum atomic E-state index is 4.11. The second-order valence-electron chi connectivity index (χ2n) is 4.75. The summed E-state index contributed by atoms with van der Waals surface area (Å²) in [6.07, 6.45) is 4.66. The Hall–Kier alpha value is -1.47. The molecule has 0 aliphatic carbocycles. The third kappa shape index (κ3) is 4.90. The van der Waals surface area contributed by atoms with Crippen LogP contribution in [-0.2, 0) is 13.0 Å². The van der Waals surface area contributed by atoms with E-state index in [-0.39, 0.29) is 0 Å². The molecule has 2 aromatic heterocycles. The predicted octanol–water partition coefficient (Wildman–Crippen LogP) is 1.40. The fourth-order valence-corrected chi connectivity index (χ4v) is 2.60. The molecule has 0 aliphatic rings. The van der Waals surface area contributed by atoms with E-state index >= 15 is 0 Å². The minimum Gasteiger partial charge on any atom is -0.313 e. The fraction of sp³-hybridized carbons (Fsp3) is 0.538. The van der Waals surface area contributed by atoms with E-state index in [1.807, 2.05) is 16.9 Å². The minimum absolute atomic E-state index is 0.480. The highest BCUT2D eigenvalue weighted by Crippen LogP contribution is 2.15. The average Bonchev–Trinajstić information content (AvgIpc) is 2.87. The molecule has 7 heteroatoms. The van der Waals surface area contributed by atoms with Crippen molar-refractivity contribution in [2.75, 3.05) is 12.3 Å². The van der Waals surface area contributed by atoms with E-state index in [4.69, 9.17) is 0 Å². The third-order valence-electron chi connectivity index (χ3n) is 2.72. The van der Waals surface area contributed by atoms with E-state index in [2.05, 4.69) is 45.7 Å². The molecule has 0 unspecified atom stereocenters. The lowest BCUT2D eigenvalue weighted by atomic mass is 10.2. The summed E-state index contributed by atoms with van der Waals surface area (Å²) in [6.45, 7) is 5.92. The zero-order chi connectivity index (χ0) is 14.2. The van der Waals surface area contributed by atoms with Crippen LogP contribution in [0.1, 0.15) is 19.4 Å². The largest absolute Gasteiger partial charge is 0.313 e. The molecule has 6 nitrogen and oxygen atoms in total. The van der Waals surface area contributed by atoms with Gasteiger partial charge in [-0.25, -0.2) is 4.68 Å². The van der Waals surface area contributed by atoms with Crippen LogP contribution in [-0.4, -0.2) is 43.5 Å². The van der Waals surface area contributed by atoms with Crippen LogP contribution >= 0.6 is 11.8 Å². The molecule has 0 radical (unpaired) electrons. The zero-order valence-electron chi connectivity index (χ0n) is 11.9. The summed E-state index contributed by atoms with van der Waals surface area (Å²) < 4.78 is 1.85. The molecule has 0 atom stereocenters. The Morgan fingerprint density at radius 1 is 1.40 bits per heavy atom. The summed E-state index contributed by atoms with van der Waals surface area (Å²) in [6, 6.07) is 4.53. The van der Waals surface area contributed by atoms with Crippen molar-refractivity contribution in [2.45, 2.75) is 38.0 Å². The molecule has 2 aromatic rings. The van der Waals surface area contributed by atoms with Crippen molar-refractivity contribution in [3.05, 3.63) is 30.1 Å². The zero-order valence-corrected chi connectivity index (χ0v) is 12.7. The van der Waals surface area contributed by atoms with Gasteiger partial charge in [-0.2, -0.15) is 0 Å². The number of aromatic nitrogens is 5. The van der Waals surface area contributed by atoms with E-state index < -0.39 is 0 Å². The van der Waals surface area contributed by atoms with Gasteiger partial charge < -0.3 is 5.32 Å². The van der Waals surface area contributed by atoms with Gasteiger partial charge in [-0.3, -0.25) is 4.98 Å². The number of hydrogen-bond acceptors (Lipinski definition) is 6. The van der Waals surface area contributed by atoms with E-state index in [9.17, 15) is 0 Å². The third-order valence-corrected chi connectivity index (χ3v) is 3.68. The van der Waals surface area contributed by atoms with Gasteiger partial charge in [0.1, 0.15) is 0 Å². The van der Waals surface area contributed by atoms with Gasteiger partial charge in [0.2, 0.25) is 5.16 Å². The van der Waals surface area contributed by atoms with Crippen LogP contribution in [0.25, 0.3) is 0 Å². The number of rotatable bonds is 8. The molecule has 2 heterocycles. The summed E-state index contributed by atoms with van der Waals surface area (Å²) in [5.41, 5.74) is 1.24.